The maximum atomic E-state index is 12.0. The molecule has 2 aromatic carbocycles. The zero-order chi connectivity index (χ0) is 26.0. The van der Waals surface area contributed by atoms with Crippen LogP contribution in [0, 0.1) is 11.8 Å². The monoisotopic (exact) mass is 515 g/mol. The molecular weight excluding hydrogens is 486 g/mol. The van der Waals surface area contributed by atoms with Crippen molar-refractivity contribution in [3.05, 3.63) is 78.0 Å². The zero-order valence-corrected chi connectivity index (χ0v) is 21.9. The lowest BCUT2D eigenvalue weighted by atomic mass is 10.1. The summed E-state index contributed by atoms with van der Waals surface area (Å²) in [4.78, 5) is 9.39. The summed E-state index contributed by atoms with van der Waals surface area (Å²) in [7, 11) is 0.263. The zero-order valence-electron chi connectivity index (χ0n) is 21.1. The Morgan fingerprint density at radius 2 is 1.59 bits per heavy atom. The van der Waals surface area contributed by atoms with Crippen LogP contribution in [0.1, 0.15) is 11.1 Å². The molecule has 5 rings (SSSR count). The number of pyridine rings is 1. The second-order valence-electron chi connectivity index (χ2n) is 9.09. The third-order valence-electron chi connectivity index (χ3n) is 6.43. The van der Waals surface area contributed by atoms with Crippen LogP contribution < -0.4 is 14.5 Å². The van der Waals surface area contributed by atoms with Crippen LogP contribution in [0.4, 0.5) is 23.0 Å². The fourth-order valence-corrected chi connectivity index (χ4v) is 4.69. The summed E-state index contributed by atoms with van der Waals surface area (Å²) >= 11 is 0. The molecular formula is C27H29N7O2S. The largest absolute Gasteiger partial charge is 0.369 e. The van der Waals surface area contributed by atoms with Crippen LogP contribution in [-0.2, 0) is 10.0 Å². The number of likely N-dealkylation sites (N-methyl/N-ethyl adjacent to an activating group) is 1. The quantitative estimate of drug-likeness (QED) is 0.409. The molecule has 0 saturated carbocycles. The number of nitrogens with one attached hydrogen (secondary N) is 1. The van der Waals surface area contributed by atoms with Gasteiger partial charge < -0.3 is 15.1 Å². The predicted octanol–water partition coefficient (Wildman–Crippen LogP) is 3.02. The van der Waals surface area contributed by atoms with E-state index in [1.807, 2.05) is 36.5 Å². The van der Waals surface area contributed by atoms with Crippen molar-refractivity contribution in [2.45, 2.75) is 0 Å². The average molecular weight is 516 g/mol. The second kappa shape index (κ2) is 10.1. The molecule has 0 unspecified atom stereocenters. The van der Waals surface area contributed by atoms with E-state index >= 15 is 0 Å². The molecule has 10 heteroatoms. The Morgan fingerprint density at radius 3 is 2.32 bits per heavy atom. The summed E-state index contributed by atoms with van der Waals surface area (Å²) < 4.78 is 27.0. The molecule has 0 radical (unpaired) electrons. The molecule has 0 bridgehead atoms. The van der Waals surface area contributed by atoms with E-state index < -0.39 is 10.0 Å². The van der Waals surface area contributed by atoms with E-state index in [4.69, 9.17) is 0 Å². The number of benzene rings is 2. The van der Waals surface area contributed by atoms with E-state index in [0.29, 0.717) is 28.4 Å². The predicted molar refractivity (Wildman–Crippen MR) is 148 cm³/mol. The van der Waals surface area contributed by atoms with E-state index in [2.05, 4.69) is 56.2 Å². The highest BCUT2D eigenvalue weighted by molar-refractivity contribution is 7.92. The van der Waals surface area contributed by atoms with Gasteiger partial charge in [-0.3, -0.25) is 4.31 Å². The van der Waals surface area contributed by atoms with E-state index in [1.165, 1.54) is 23.3 Å². The number of aromatic nitrogens is 3. The maximum absolute atomic E-state index is 12.0. The minimum atomic E-state index is -3.41. The first kappa shape index (κ1) is 24.6. The van der Waals surface area contributed by atoms with Crippen molar-refractivity contribution in [1.82, 2.24) is 19.5 Å². The number of anilines is 4. The number of piperazine rings is 1. The molecule has 3 heterocycles. The summed E-state index contributed by atoms with van der Waals surface area (Å²) in [6, 6.07) is 19.2. The van der Waals surface area contributed by atoms with Gasteiger partial charge in [0.1, 0.15) is 0 Å². The number of hydrogen-bond acceptors (Lipinski definition) is 7. The number of rotatable bonds is 5. The lowest BCUT2D eigenvalue weighted by Gasteiger charge is -2.34. The van der Waals surface area contributed by atoms with E-state index in [-0.39, 0.29) is 0 Å². The first-order valence-corrected chi connectivity index (χ1v) is 13.8. The molecule has 0 spiro atoms. The van der Waals surface area contributed by atoms with Crippen molar-refractivity contribution in [2.24, 2.45) is 0 Å². The van der Waals surface area contributed by atoms with Crippen molar-refractivity contribution in [3.63, 3.8) is 0 Å². The summed E-state index contributed by atoms with van der Waals surface area (Å²) in [5, 5.41) is 7.83. The highest BCUT2D eigenvalue weighted by atomic mass is 32.2. The van der Waals surface area contributed by atoms with Gasteiger partial charge in [-0.25, -0.2) is 12.9 Å². The fraction of sp³-hybridized carbons (Fsp3) is 0.259. The topological polar surface area (TPSA) is 86.1 Å². The molecule has 4 aromatic rings. The smallest absolute Gasteiger partial charge is 0.247 e. The normalized spacial score (nSPS) is 14.3. The first-order valence-electron chi connectivity index (χ1n) is 12.0. The first-order chi connectivity index (χ1) is 17.8. The Bertz CT molecular complexity index is 1580. The van der Waals surface area contributed by atoms with Gasteiger partial charge in [0.25, 0.3) is 0 Å². The van der Waals surface area contributed by atoms with Gasteiger partial charge in [0, 0.05) is 56.4 Å². The molecule has 9 nitrogen and oxygen atoms in total. The number of nitrogens with zero attached hydrogens (tertiary/aromatic N) is 6. The fourth-order valence-electron chi connectivity index (χ4n) is 4.17. The van der Waals surface area contributed by atoms with Crippen molar-refractivity contribution >= 4 is 38.7 Å². The Morgan fingerprint density at radius 1 is 0.919 bits per heavy atom. The van der Waals surface area contributed by atoms with Crippen LogP contribution in [0.3, 0.4) is 0 Å². The van der Waals surface area contributed by atoms with Crippen LogP contribution in [0.5, 0.6) is 0 Å². The summed E-state index contributed by atoms with van der Waals surface area (Å²) in [5.74, 6) is 6.72. The molecule has 190 valence electrons. The number of sulfonamides is 1. The average Bonchev–Trinajstić information content (AvgIpc) is 3.31. The molecule has 1 fully saturated rings. The third kappa shape index (κ3) is 5.53. The van der Waals surface area contributed by atoms with Gasteiger partial charge in [-0.2, -0.15) is 4.98 Å². The van der Waals surface area contributed by atoms with Crippen molar-refractivity contribution in [3.8, 4) is 11.8 Å². The van der Waals surface area contributed by atoms with Gasteiger partial charge in [-0.05, 0) is 55.6 Å². The number of hydrogen-bond donors (Lipinski definition) is 1. The summed E-state index contributed by atoms with van der Waals surface area (Å²) in [5.41, 5.74) is 4.54. The lowest BCUT2D eigenvalue weighted by molar-refractivity contribution is 0.313. The molecule has 1 saturated heterocycles. The standard InChI is InChI=1S/C27H29N7O2S/c1-31-17-19-33(20-18-31)24-14-12-23(13-15-24)28-27-29-26-22(8-6-16-34(26)30-27)11-10-21-7-4-5-9-25(21)32(2)37(3,35)36/h4-9,12-16H,17-20H2,1-3H3,(H,28,30). The van der Waals surface area contributed by atoms with Crippen molar-refractivity contribution in [2.75, 3.05) is 61.1 Å². The second-order valence-corrected chi connectivity index (χ2v) is 11.1. The summed E-state index contributed by atoms with van der Waals surface area (Å²) in [6.07, 6.45) is 2.99. The van der Waals surface area contributed by atoms with Crippen molar-refractivity contribution < 1.29 is 8.42 Å². The molecule has 0 aliphatic carbocycles. The minimum Gasteiger partial charge on any atom is -0.369 e. The molecule has 1 N–H and O–H groups in total. The minimum absolute atomic E-state index is 0.471. The third-order valence-corrected chi connectivity index (χ3v) is 7.62. The Labute approximate surface area is 217 Å². The Balaban J connectivity index is 1.37. The number of fused-ring (bicyclic) bond motifs is 1. The van der Waals surface area contributed by atoms with Crippen LogP contribution >= 0.6 is 0 Å². The molecule has 37 heavy (non-hydrogen) atoms. The molecule has 2 aromatic heterocycles. The van der Waals surface area contributed by atoms with Gasteiger partial charge in [-0.15, -0.1) is 5.10 Å². The highest BCUT2D eigenvalue weighted by Gasteiger charge is 2.16. The van der Waals surface area contributed by atoms with Crippen molar-refractivity contribution in [1.29, 1.82) is 0 Å². The van der Waals surface area contributed by atoms with Crippen LogP contribution in [-0.4, -0.2) is 74.4 Å². The van der Waals surface area contributed by atoms with Crippen LogP contribution in [0.15, 0.2) is 66.9 Å². The van der Waals surface area contributed by atoms with E-state index in [9.17, 15) is 8.42 Å². The van der Waals surface area contributed by atoms with Crippen LogP contribution in [0.2, 0.25) is 0 Å². The van der Waals surface area contributed by atoms with E-state index in [0.717, 1.165) is 31.9 Å². The van der Waals surface area contributed by atoms with Gasteiger partial charge in [-0.1, -0.05) is 24.0 Å². The molecule has 0 atom stereocenters. The molecule has 1 aliphatic heterocycles. The Kier molecular flexibility index (Phi) is 6.74. The van der Waals surface area contributed by atoms with Gasteiger partial charge in [0.05, 0.1) is 17.5 Å². The Hall–Kier alpha value is -4.07. The van der Waals surface area contributed by atoms with Gasteiger partial charge in [0.2, 0.25) is 16.0 Å². The lowest BCUT2D eigenvalue weighted by Crippen LogP contribution is -2.44. The van der Waals surface area contributed by atoms with Crippen LogP contribution in [0.25, 0.3) is 5.65 Å². The maximum Gasteiger partial charge on any atom is 0.247 e. The number of para-hydroxylation sites is 1. The molecule has 1 aliphatic rings. The highest BCUT2D eigenvalue weighted by Crippen LogP contribution is 2.23. The molecule has 0 amide bonds. The summed E-state index contributed by atoms with van der Waals surface area (Å²) in [6.45, 7) is 4.18. The van der Waals surface area contributed by atoms with Gasteiger partial charge >= 0.3 is 0 Å². The van der Waals surface area contributed by atoms with E-state index in [1.54, 1.807) is 22.7 Å². The SMILES string of the molecule is CN1CCN(c2ccc(Nc3nc4c(C#Cc5ccccc5N(C)S(C)(=O)=O)cccn4n3)cc2)CC1. The van der Waals surface area contributed by atoms with Gasteiger partial charge in [0.15, 0.2) is 5.65 Å².